The Bertz CT molecular complexity index is 1830. The van der Waals surface area contributed by atoms with E-state index in [1.54, 1.807) is 31.6 Å². The molecule has 1 fully saturated rings. The van der Waals surface area contributed by atoms with E-state index >= 15 is 0 Å². The van der Waals surface area contributed by atoms with Crippen LogP contribution in [-0.4, -0.2) is 63.9 Å². The number of unbranched alkanes of at least 4 members (excludes halogenated alkanes) is 4. The predicted molar refractivity (Wildman–Crippen MR) is 207 cm³/mol. The second kappa shape index (κ2) is 18.1. The number of likely N-dealkylation sites (tertiary alicyclic amines) is 1. The summed E-state index contributed by atoms with van der Waals surface area (Å²) >= 11 is 0. The summed E-state index contributed by atoms with van der Waals surface area (Å²) in [5, 5.41) is 9.81. The molecule has 1 aliphatic rings. The number of methoxy groups -OCH3 is 1. The van der Waals surface area contributed by atoms with Crippen molar-refractivity contribution in [3.05, 3.63) is 95.8 Å². The van der Waals surface area contributed by atoms with Crippen LogP contribution < -0.4 is 9.47 Å². The van der Waals surface area contributed by atoms with Gasteiger partial charge in [0.15, 0.2) is 11.6 Å². The van der Waals surface area contributed by atoms with Crippen molar-refractivity contribution in [2.75, 3.05) is 20.3 Å². The van der Waals surface area contributed by atoms with Crippen molar-refractivity contribution in [2.45, 2.75) is 96.9 Å². The van der Waals surface area contributed by atoms with E-state index in [1.165, 1.54) is 30.6 Å². The fourth-order valence-corrected chi connectivity index (χ4v) is 6.93. The third-order valence-electron chi connectivity index (χ3n) is 9.98. The van der Waals surface area contributed by atoms with Crippen LogP contribution >= 0.6 is 0 Å². The van der Waals surface area contributed by atoms with E-state index in [4.69, 9.17) is 9.47 Å². The van der Waals surface area contributed by atoms with E-state index in [-0.39, 0.29) is 29.9 Å². The molecule has 3 aromatic carbocycles. The van der Waals surface area contributed by atoms with Gasteiger partial charge in [-0.05, 0) is 66.0 Å². The van der Waals surface area contributed by atoms with Crippen LogP contribution in [0.25, 0.3) is 22.5 Å². The molecule has 1 aromatic heterocycles. The van der Waals surface area contributed by atoms with Gasteiger partial charge >= 0.3 is 5.97 Å². The quantitative estimate of drug-likeness (QED) is 0.0849. The Morgan fingerprint density at radius 2 is 1.57 bits per heavy atom. The molecule has 0 radical (unpaired) electrons. The number of carboxylic acid groups (broad SMARTS) is 1. The third-order valence-corrected chi connectivity index (χ3v) is 9.98. The molecule has 9 nitrogen and oxygen atoms in total. The van der Waals surface area contributed by atoms with Gasteiger partial charge in [-0.3, -0.25) is 9.59 Å². The Balaban J connectivity index is 1.27. The van der Waals surface area contributed by atoms with Crippen LogP contribution in [0.2, 0.25) is 0 Å². The van der Waals surface area contributed by atoms with Gasteiger partial charge in [-0.1, -0.05) is 102 Å². The molecule has 0 spiro atoms. The highest BCUT2D eigenvalue weighted by atomic mass is 16.5. The molecule has 1 saturated heterocycles. The highest BCUT2D eigenvalue weighted by Crippen LogP contribution is 2.33. The van der Waals surface area contributed by atoms with E-state index in [2.05, 4.69) is 37.7 Å². The summed E-state index contributed by atoms with van der Waals surface area (Å²) in [5.74, 6) is -0.223. The molecule has 9 heteroatoms. The molecule has 1 amide bonds. The number of carbonyl (C=O) groups is 3. The molecule has 0 aliphatic carbocycles. The summed E-state index contributed by atoms with van der Waals surface area (Å²) in [6.45, 7) is 9.53. The molecular weight excluding hydrogens is 666 g/mol. The average Bonchev–Trinajstić information content (AvgIpc) is 3.66. The molecule has 0 saturated carbocycles. The third kappa shape index (κ3) is 10.3. The van der Waals surface area contributed by atoms with Crippen molar-refractivity contribution in [1.29, 1.82) is 0 Å². The van der Waals surface area contributed by atoms with Crippen molar-refractivity contribution < 1.29 is 29.0 Å². The largest absolute Gasteiger partial charge is 0.496 e. The molecule has 4 aromatic rings. The number of ether oxygens (including phenoxy) is 2. The molecule has 2 atom stereocenters. The Morgan fingerprint density at radius 1 is 0.887 bits per heavy atom. The maximum atomic E-state index is 13.9. The van der Waals surface area contributed by atoms with Gasteiger partial charge in [-0.25, -0.2) is 14.8 Å². The van der Waals surface area contributed by atoms with Gasteiger partial charge in [0.1, 0.15) is 17.5 Å². The summed E-state index contributed by atoms with van der Waals surface area (Å²) in [7, 11) is 1.58. The molecule has 280 valence electrons. The number of amides is 1. The number of aromatic nitrogens is 2. The van der Waals surface area contributed by atoms with E-state index in [1.807, 2.05) is 54.6 Å². The number of aliphatic carboxylic acids is 1. The molecule has 0 unspecified atom stereocenters. The van der Waals surface area contributed by atoms with Crippen molar-refractivity contribution >= 4 is 17.7 Å². The lowest BCUT2D eigenvalue weighted by Crippen LogP contribution is -2.44. The van der Waals surface area contributed by atoms with Crippen LogP contribution in [0.1, 0.15) is 101 Å². The molecule has 53 heavy (non-hydrogen) atoms. The van der Waals surface area contributed by atoms with Crippen LogP contribution in [0.4, 0.5) is 0 Å². The van der Waals surface area contributed by atoms with Crippen molar-refractivity contribution in [3.8, 4) is 34.0 Å². The van der Waals surface area contributed by atoms with Gasteiger partial charge < -0.3 is 19.5 Å². The molecule has 5 rings (SSSR count). The summed E-state index contributed by atoms with van der Waals surface area (Å²) in [4.78, 5) is 50.3. The van der Waals surface area contributed by atoms with Crippen LogP contribution in [-0.2, 0) is 21.4 Å². The minimum atomic E-state index is -1.02. The summed E-state index contributed by atoms with van der Waals surface area (Å²) in [5.41, 5.74) is 4.82. The first-order valence-corrected chi connectivity index (χ1v) is 18.9. The number of ketones is 1. The number of carbonyl (C=O) groups excluding carboxylic acids is 2. The second-order valence-corrected chi connectivity index (χ2v) is 15.0. The van der Waals surface area contributed by atoms with Crippen molar-refractivity contribution in [2.24, 2.45) is 5.92 Å². The summed E-state index contributed by atoms with van der Waals surface area (Å²) in [6.07, 6.45) is 10.9. The predicted octanol–water partition coefficient (Wildman–Crippen LogP) is 8.97. The second-order valence-electron chi connectivity index (χ2n) is 15.0. The number of Topliss-reactive ketones (excluding diaryl/α,β-unsaturated/α-hetero) is 1. The van der Waals surface area contributed by atoms with Gasteiger partial charge in [0.25, 0.3) is 0 Å². The normalized spacial score (nSPS) is 14.9. The minimum absolute atomic E-state index is 0.0574. The van der Waals surface area contributed by atoms with Gasteiger partial charge in [-0.2, -0.15) is 0 Å². The highest BCUT2D eigenvalue weighted by molar-refractivity contribution is 5.99. The maximum Gasteiger partial charge on any atom is 0.326 e. The SMILES string of the molecule is CCCCCCCOc1ccc(-c2cnc(-c3ccc(C[C@H](CC(=O)c4ccc(C(C)(C)C)c(OC)c4)C(=O)N4CCC[C@H]4C(=O)O)cc3)nc2)cc1. The molecular formula is C44H53N3O6. The zero-order chi connectivity index (χ0) is 38.0. The number of nitrogens with zero attached hydrogens (tertiary/aromatic N) is 3. The fourth-order valence-electron chi connectivity index (χ4n) is 6.93. The van der Waals surface area contributed by atoms with Gasteiger partial charge in [0.2, 0.25) is 5.91 Å². The Hall–Kier alpha value is -5.05. The van der Waals surface area contributed by atoms with Gasteiger partial charge in [-0.15, -0.1) is 0 Å². The topological polar surface area (TPSA) is 119 Å². The van der Waals surface area contributed by atoms with Crippen LogP contribution in [0, 0.1) is 5.92 Å². The zero-order valence-electron chi connectivity index (χ0n) is 31.8. The Kier molecular flexibility index (Phi) is 13.4. The summed E-state index contributed by atoms with van der Waals surface area (Å²) in [6, 6.07) is 20.2. The standard InChI is InChI=1S/C44H53N3O6/c1-6-7-8-9-10-24-53-36-20-17-31(18-21-36)35-28-45-41(46-29-35)32-15-13-30(14-16-32)25-34(42(49)47-23-11-12-38(47)43(50)51)26-39(48)33-19-22-37(44(2,3)4)40(27-33)52-5/h13-22,27-29,34,38H,6-12,23-26H2,1-5H3,(H,50,51)/t34-,38+/m1/s1. The fraction of sp³-hybridized carbons (Fsp3) is 0.432. The van der Waals surface area contributed by atoms with Gasteiger partial charge in [0, 0.05) is 48.0 Å². The lowest BCUT2D eigenvalue weighted by atomic mass is 9.84. The van der Waals surface area contributed by atoms with Crippen LogP contribution in [0.3, 0.4) is 0 Å². The average molecular weight is 720 g/mol. The van der Waals surface area contributed by atoms with E-state index in [9.17, 15) is 19.5 Å². The monoisotopic (exact) mass is 719 g/mol. The van der Waals surface area contributed by atoms with E-state index in [0.29, 0.717) is 36.5 Å². The summed E-state index contributed by atoms with van der Waals surface area (Å²) < 4.78 is 11.5. The van der Waals surface area contributed by atoms with Gasteiger partial charge in [0.05, 0.1) is 13.7 Å². The lowest BCUT2D eigenvalue weighted by molar-refractivity contribution is -0.149. The number of rotatable bonds is 17. The number of hydrogen-bond acceptors (Lipinski definition) is 7. The number of carboxylic acids is 1. The Labute approximate surface area is 313 Å². The van der Waals surface area contributed by atoms with E-state index < -0.39 is 17.9 Å². The number of hydrogen-bond donors (Lipinski definition) is 1. The first-order chi connectivity index (χ1) is 25.5. The van der Waals surface area contributed by atoms with Crippen LogP contribution in [0.15, 0.2) is 79.1 Å². The highest BCUT2D eigenvalue weighted by Gasteiger charge is 2.38. The van der Waals surface area contributed by atoms with Crippen LogP contribution in [0.5, 0.6) is 11.5 Å². The lowest BCUT2D eigenvalue weighted by Gasteiger charge is -2.27. The molecule has 1 aliphatic heterocycles. The maximum absolute atomic E-state index is 13.9. The zero-order valence-corrected chi connectivity index (χ0v) is 31.8. The Morgan fingerprint density at radius 3 is 2.21 bits per heavy atom. The first kappa shape index (κ1) is 39.2. The molecule has 0 bridgehead atoms. The minimum Gasteiger partial charge on any atom is -0.496 e. The van der Waals surface area contributed by atoms with E-state index in [0.717, 1.165) is 46.6 Å². The first-order valence-electron chi connectivity index (χ1n) is 18.9. The number of benzene rings is 3. The van der Waals surface area contributed by atoms with Crippen molar-refractivity contribution in [1.82, 2.24) is 14.9 Å². The molecule has 2 heterocycles. The smallest absolute Gasteiger partial charge is 0.326 e. The van der Waals surface area contributed by atoms with Crippen molar-refractivity contribution in [3.63, 3.8) is 0 Å². The molecule has 1 N–H and O–H groups in total.